The van der Waals surface area contributed by atoms with Gasteiger partial charge in [0.15, 0.2) is 0 Å². The number of benzene rings is 3. The molecule has 37 heavy (non-hydrogen) atoms. The summed E-state index contributed by atoms with van der Waals surface area (Å²) in [6.45, 7) is 4.40. The molecule has 0 radical (unpaired) electrons. The zero-order valence-electron chi connectivity index (χ0n) is 21.0. The third-order valence-corrected chi connectivity index (χ3v) is 6.75. The Morgan fingerprint density at radius 2 is 1.43 bits per heavy atom. The van der Waals surface area contributed by atoms with Crippen LogP contribution in [0.15, 0.2) is 103 Å². The van der Waals surface area contributed by atoms with Crippen LogP contribution in [0, 0.1) is 0 Å². The Morgan fingerprint density at radius 3 is 2.08 bits per heavy atom. The van der Waals surface area contributed by atoms with E-state index in [9.17, 15) is 9.59 Å². The van der Waals surface area contributed by atoms with Gasteiger partial charge in [-0.15, -0.1) is 0 Å². The average Bonchev–Trinajstić information content (AvgIpc) is 3.33. The van der Waals surface area contributed by atoms with Crippen LogP contribution < -0.4 is 4.84 Å². The molecule has 1 aliphatic rings. The number of carbonyl (C=O) groups is 2. The molecule has 0 spiro atoms. The minimum atomic E-state index is -0.441. The SMILES string of the molecule is CC(=O)On1ccc(C(=O)N2CCN(Cc3ccccc3)C[C@H]2Cc2ccccc2)c1-c1ccccc1. The van der Waals surface area contributed by atoms with Gasteiger partial charge in [0, 0.05) is 50.9 Å². The highest BCUT2D eigenvalue weighted by Crippen LogP contribution is 2.28. The first-order chi connectivity index (χ1) is 18.1. The van der Waals surface area contributed by atoms with Crippen LogP contribution in [0.1, 0.15) is 28.4 Å². The summed E-state index contributed by atoms with van der Waals surface area (Å²) in [5.41, 5.74) is 4.41. The molecule has 1 saturated heterocycles. The van der Waals surface area contributed by atoms with Crippen LogP contribution in [-0.2, 0) is 17.8 Å². The van der Waals surface area contributed by atoms with Gasteiger partial charge in [0.2, 0.25) is 0 Å². The van der Waals surface area contributed by atoms with Crippen molar-refractivity contribution in [2.45, 2.75) is 25.9 Å². The lowest BCUT2D eigenvalue weighted by Crippen LogP contribution is -2.55. The van der Waals surface area contributed by atoms with Crippen LogP contribution in [-0.4, -0.2) is 52.1 Å². The Morgan fingerprint density at radius 1 is 0.811 bits per heavy atom. The monoisotopic (exact) mass is 493 g/mol. The van der Waals surface area contributed by atoms with Crippen molar-refractivity contribution in [2.75, 3.05) is 19.6 Å². The summed E-state index contributed by atoms with van der Waals surface area (Å²) >= 11 is 0. The molecular formula is C31H31N3O3. The molecule has 6 heteroatoms. The highest BCUT2D eigenvalue weighted by Gasteiger charge is 2.33. The van der Waals surface area contributed by atoms with Crippen LogP contribution >= 0.6 is 0 Å². The molecule has 4 aromatic rings. The first-order valence-electron chi connectivity index (χ1n) is 12.7. The Balaban J connectivity index is 1.45. The lowest BCUT2D eigenvalue weighted by Gasteiger charge is -2.42. The molecule has 2 heterocycles. The zero-order valence-corrected chi connectivity index (χ0v) is 21.0. The van der Waals surface area contributed by atoms with Crippen LogP contribution in [0.25, 0.3) is 11.3 Å². The summed E-state index contributed by atoms with van der Waals surface area (Å²) in [4.78, 5) is 35.7. The average molecular weight is 494 g/mol. The van der Waals surface area contributed by atoms with Crippen molar-refractivity contribution in [1.29, 1.82) is 0 Å². The molecule has 0 saturated carbocycles. The van der Waals surface area contributed by atoms with Gasteiger partial charge in [0.25, 0.3) is 5.91 Å². The fourth-order valence-electron chi connectivity index (χ4n) is 5.07. The summed E-state index contributed by atoms with van der Waals surface area (Å²) in [7, 11) is 0. The van der Waals surface area contributed by atoms with Gasteiger partial charge in [0.05, 0.1) is 5.56 Å². The van der Waals surface area contributed by atoms with Crippen molar-refractivity contribution in [3.63, 3.8) is 0 Å². The summed E-state index contributed by atoms with van der Waals surface area (Å²) in [6, 6.07) is 32.1. The summed E-state index contributed by atoms with van der Waals surface area (Å²) < 4.78 is 1.41. The largest absolute Gasteiger partial charge is 0.337 e. The molecule has 1 fully saturated rings. The fraction of sp³-hybridized carbons (Fsp3) is 0.226. The third kappa shape index (κ3) is 5.81. The maximum absolute atomic E-state index is 14.1. The summed E-state index contributed by atoms with van der Waals surface area (Å²) in [5, 5.41) is 0. The predicted molar refractivity (Wildman–Crippen MR) is 144 cm³/mol. The van der Waals surface area contributed by atoms with Crippen molar-refractivity contribution in [3.05, 3.63) is 120 Å². The van der Waals surface area contributed by atoms with Crippen LogP contribution in [0.5, 0.6) is 0 Å². The molecule has 1 aliphatic heterocycles. The molecule has 0 aliphatic carbocycles. The fourth-order valence-corrected chi connectivity index (χ4v) is 5.07. The van der Waals surface area contributed by atoms with Crippen LogP contribution in [0.2, 0.25) is 0 Å². The zero-order chi connectivity index (χ0) is 25.6. The van der Waals surface area contributed by atoms with E-state index in [0.29, 0.717) is 17.8 Å². The second-order valence-electron chi connectivity index (χ2n) is 9.42. The van der Waals surface area contributed by atoms with Gasteiger partial charge in [-0.05, 0) is 23.6 Å². The van der Waals surface area contributed by atoms with Crippen LogP contribution in [0.3, 0.4) is 0 Å². The van der Waals surface area contributed by atoms with Gasteiger partial charge < -0.3 is 9.74 Å². The molecular weight excluding hydrogens is 462 g/mol. The van der Waals surface area contributed by atoms with E-state index >= 15 is 0 Å². The highest BCUT2D eigenvalue weighted by atomic mass is 16.7. The number of carbonyl (C=O) groups excluding carboxylic acids is 2. The number of aromatic nitrogens is 1. The van der Waals surface area contributed by atoms with E-state index < -0.39 is 5.97 Å². The smallest absolute Gasteiger partial charge is 0.329 e. The number of amides is 1. The molecule has 0 unspecified atom stereocenters. The standard InChI is InChI=1S/C31H31N3O3/c1-24(35)37-34-18-17-29(30(34)27-15-9-4-10-16-27)31(36)33-20-19-32(22-26-13-7-3-8-14-26)23-28(33)21-25-11-5-2-6-12-25/h2-18,28H,19-23H2,1H3/t28-/m1/s1. The van der Waals surface area contributed by atoms with Crippen molar-refractivity contribution in [3.8, 4) is 11.3 Å². The number of nitrogens with zero attached hydrogens (tertiary/aromatic N) is 3. The molecule has 0 N–H and O–H groups in total. The van der Waals surface area contributed by atoms with Crippen molar-refractivity contribution < 1.29 is 14.4 Å². The maximum atomic E-state index is 14.1. The summed E-state index contributed by atoms with van der Waals surface area (Å²) in [5.74, 6) is -0.492. The Bertz CT molecular complexity index is 1340. The number of piperazine rings is 1. The van der Waals surface area contributed by atoms with E-state index in [-0.39, 0.29) is 11.9 Å². The van der Waals surface area contributed by atoms with E-state index in [4.69, 9.17) is 4.84 Å². The van der Waals surface area contributed by atoms with E-state index in [1.165, 1.54) is 22.8 Å². The van der Waals surface area contributed by atoms with E-state index in [1.807, 2.05) is 59.5 Å². The molecule has 0 bridgehead atoms. The highest BCUT2D eigenvalue weighted by molar-refractivity contribution is 6.00. The lowest BCUT2D eigenvalue weighted by molar-refractivity contribution is -0.141. The molecule has 1 aromatic heterocycles. The predicted octanol–water partition coefficient (Wildman–Crippen LogP) is 4.70. The number of rotatable bonds is 7. The van der Waals surface area contributed by atoms with Crippen LogP contribution in [0.4, 0.5) is 0 Å². The van der Waals surface area contributed by atoms with Crippen molar-refractivity contribution in [1.82, 2.24) is 14.5 Å². The van der Waals surface area contributed by atoms with E-state index in [0.717, 1.165) is 31.6 Å². The van der Waals surface area contributed by atoms with Gasteiger partial charge in [-0.25, -0.2) is 4.79 Å². The minimum Gasteiger partial charge on any atom is -0.337 e. The number of hydrogen-bond donors (Lipinski definition) is 0. The molecule has 188 valence electrons. The summed E-state index contributed by atoms with van der Waals surface area (Å²) in [6.07, 6.45) is 2.41. The van der Waals surface area contributed by atoms with Crippen molar-refractivity contribution >= 4 is 11.9 Å². The second-order valence-corrected chi connectivity index (χ2v) is 9.42. The Labute approximate surface area is 217 Å². The maximum Gasteiger partial charge on any atom is 0.329 e. The van der Waals surface area contributed by atoms with Gasteiger partial charge in [0.1, 0.15) is 5.69 Å². The van der Waals surface area contributed by atoms with Gasteiger partial charge >= 0.3 is 5.97 Å². The molecule has 3 aromatic carbocycles. The molecule has 6 nitrogen and oxygen atoms in total. The second kappa shape index (κ2) is 11.3. The molecule has 1 atom stereocenters. The number of hydrogen-bond acceptors (Lipinski definition) is 4. The van der Waals surface area contributed by atoms with Crippen molar-refractivity contribution in [2.24, 2.45) is 0 Å². The Kier molecular flexibility index (Phi) is 7.47. The quantitative estimate of drug-likeness (QED) is 0.375. The third-order valence-electron chi connectivity index (χ3n) is 6.75. The van der Waals surface area contributed by atoms with Gasteiger partial charge in [-0.1, -0.05) is 91.0 Å². The first-order valence-corrected chi connectivity index (χ1v) is 12.7. The normalized spacial score (nSPS) is 15.9. The van der Waals surface area contributed by atoms with E-state index in [1.54, 1.807) is 12.3 Å². The molecule has 5 rings (SSSR count). The lowest BCUT2D eigenvalue weighted by atomic mass is 9.99. The topological polar surface area (TPSA) is 54.8 Å². The molecule has 1 amide bonds. The van der Waals surface area contributed by atoms with E-state index in [2.05, 4.69) is 41.3 Å². The minimum absolute atomic E-state index is 0.00746. The Hall–Kier alpha value is -4.16. The first kappa shape index (κ1) is 24.5. The van der Waals surface area contributed by atoms with Gasteiger partial charge in [-0.3, -0.25) is 9.69 Å². The van der Waals surface area contributed by atoms with Gasteiger partial charge in [-0.2, -0.15) is 4.73 Å².